The quantitative estimate of drug-likeness (QED) is 0.624. The molecule has 0 aliphatic heterocycles. The second-order valence-electron chi connectivity index (χ2n) is 4.80. The van der Waals surface area contributed by atoms with Gasteiger partial charge in [0.05, 0.1) is 0 Å². The molecule has 0 aliphatic carbocycles. The number of aryl methyl sites for hydroxylation is 2. The molecule has 96 valence electrons. The minimum atomic E-state index is 0.168. The maximum Gasteiger partial charge on any atom is 0.195 e. The zero-order valence-corrected chi connectivity index (χ0v) is 12.0. The summed E-state index contributed by atoms with van der Waals surface area (Å²) in [4.78, 5) is 12.6. The Morgan fingerprint density at radius 1 is 0.842 bits per heavy atom. The minimum absolute atomic E-state index is 0.168. The average molecular weight is 268 g/mol. The molecule has 0 radical (unpaired) electrons. The SMILES string of the molecule is CCc1ccc2c(=O)c3cc(CC)ccc3sc2c1. The van der Waals surface area contributed by atoms with E-state index in [9.17, 15) is 4.79 Å². The molecule has 0 fully saturated rings. The number of fused-ring (bicyclic) bond motifs is 2. The van der Waals surface area contributed by atoms with Crippen molar-refractivity contribution >= 4 is 31.5 Å². The van der Waals surface area contributed by atoms with E-state index in [0.717, 1.165) is 33.0 Å². The largest absolute Gasteiger partial charge is 0.289 e. The van der Waals surface area contributed by atoms with Gasteiger partial charge < -0.3 is 0 Å². The van der Waals surface area contributed by atoms with Gasteiger partial charge in [-0.15, -0.1) is 11.3 Å². The molecule has 2 aromatic carbocycles. The van der Waals surface area contributed by atoms with Gasteiger partial charge in [-0.2, -0.15) is 0 Å². The van der Waals surface area contributed by atoms with Gasteiger partial charge in [0.25, 0.3) is 0 Å². The Morgan fingerprint density at radius 3 is 2.26 bits per heavy atom. The lowest BCUT2D eigenvalue weighted by Crippen LogP contribution is -2.01. The van der Waals surface area contributed by atoms with Crippen LogP contribution in [0, 0.1) is 0 Å². The topological polar surface area (TPSA) is 17.1 Å². The summed E-state index contributed by atoms with van der Waals surface area (Å²) < 4.78 is 2.18. The van der Waals surface area contributed by atoms with Gasteiger partial charge in [0.1, 0.15) is 0 Å². The number of benzene rings is 2. The van der Waals surface area contributed by atoms with Gasteiger partial charge in [-0.25, -0.2) is 0 Å². The van der Waals surface area contributed by atoms with Crippen molar-refractivity contribution in [2.24, 2.45) is 0 Å². The fourth-order valence-electron chi connectivity index (χ4n) is 2.39. The molecule has 3 aromatic rings. The molecule has 1 nitrogen and oxygen atoms in total. The van der Waals surface area contributed by atoms with Crippen LogP contribution in [0.2, 0.25) is 0 Å². The third-order valence-corrected chi connectivity index (χ3v) is 4.75. The predicted molar refractivity (Wildman–Crippen MR) is 84.4 cm³/mol. The van der Waals surface area contributed by atoms with Crippen LogP contribution in [0.15, 0.2) is 41.2 Å². The Bertz CT molecular complexity index is 814. The first-order valence-corrected chi connectivity index (χ1v) is 7.53. The van der Waals surface area contributed by atoms with Crippen LogP contribution < -0.4 is 5.43 Å². The Hall–Kier alpha value is -1.67. The summed E-state index contributed by atoms with van der Waals surface area (Å²) in [5.41, 5.74) is 2.68. The molecule has 0 bridgehead atoms. The van der Waals surface area contributed by atoms with E-state index in [1.165, 1.54) is 11.1 Å². The molecular formula is C17H16OS. The van der Waals surface area contributed by atoms with Crippen molar-refractivity contribution in [3.8, 4) is 0 Å². The van der Waals surface area contributed by atoms with Crippen molar-refractivity contribution in [1.29, 1.82) is 0 Å². The molecule has 0 atom stereocenters. The van der Waals surface area contributed by atoms with Crippen molar-refractivity contribution < 1.29 is 0 Å². The van der Waals surface area contributed by atoms with Gasteiger partial charge >= 0.3 is 0 Å². The fraction of sp³-hybridized carbons (Fsp3) is 0.235. The standard InChI is InChI=1S/C17H16OS/c1-3-11-6-8-15-14(9-11)17(18)13-7-5-12(4-2)10-16(13)19-15/h5-10H,3-4H2,1-2H3. The van der Waals surface area contributed by atoms with Gasteiger partial charge in [0.2, 0.25) is 0 Å². The molecule has 3 rings (SSSR count). The lowest BCUT2D eigenvalue weighted by Gasteiger charge is -2.04. The zero-order valence-electron chi connectivity index (χ0n) is 11.2. The van der Waals surface area contributed by atoms with E-state index in [4.69, 9.17) is 0 Å². The smallest absolute Gasteiger partial charge is 0.195 e. The lowest BCUT2D eigenvalue weighted by atomic mass is 10.1. The maximum absolute atomic E-state index is 12.6. The van der Waals surface area contributed by atoms with Gasteiger partial charge in [-0.05, 0) is 48.2 Å². The first-order valence-electron chi connectivity index (χ1n) is 6.71. The molecule has 0 unspecified atom stereocenters. The van der Waals surface area contributed by atoms with E-state index in [1.807, 2.05) is 12.1 Å². The van der Waals surface area contributed by atoms with Crippen LogP contribution >= 0.6 is 11.3 Å². The molecule has 2 heteroatoms. The highest BCUT2D eigenvalue weighted by molar-refractivity contribution is 7.24. The van der Waals surface area contributed by atoms with E-state index < -0.39 is 0 Å². The summed E-state index contributed by atoms with van der Waals surface area (Å²) >= 11 is 1.71. The number of rotatable bonds is 2. The molecule has 0 amide bonds. The van der Waals surface area contributed by atoms with Crippen LogP contribution in [0.5, 0.6) is 0 Å². The van der Waals surface area contributed by atoms with Crippen molar-refractivity contribution in [3.63, 3.8) is 0 Å². The predicted octanol–water partition coefficient (Wildman–Crippen LogP) is 4.54. The van der Waals surface area contributed by atoms with E-state index >= 15 is 0 Å². The summed E-state index contributed by atoms with van der Waals surface area (Å²) in [6.45, 7) is 4.25. The van der Waals surface area contributed by atoms with Crippen LogP contribution in [-0.2, 0) is 12.8 Å². The van der Waals surface area contributed by atoms with Gasteiger partial charge in [-0.1, -0.05) is 26.0 Å². The summed E-state index contributed by atoms with van der Waals surface area (Å²) in [6, 6.07) is 12.4. The molecule has 0 N–H and O–H groups in total. The maximum atomic E-state index is 12.6. The van der Waals surface area contributed by atoms with Crippen LogP contribution in [-0.4, -0.2) is 0 Å². The first-order chi connectivity index (χ1) is 9.22. The normalized spacial score (nSPS) is 11.3. The highest BCUT2D eigenvalue weighted by atomic mass is 32.1. The third kappa shape index (κ3) is 2.06. The highest BCUT2D eigenvalue weighted by Gasteiger charge is 2.07. The van der Waals surface area contributed by atoms with Crippen LogP contribution in [0.25, 0.3) is 20.2 Å². The fourth-order valence-corrected chi connectivity index (χ4v) is 3.50. The van der Waals surface area contributed by atoms with E-state index in [2.05, 4.69) is 38.1 Å². The van der Waals surface area contributed by atoms with Gasteiger partial charge in [0.15, 0.2) is 5.43 Å². The van der Waals surface area contributed by atoms with E-state index in [0.29, 0.717) is 0 Å². The molecule has 0 aliphatic rings. The summed E-state index contributed by atoms with van der Waals surface area (Å²) in [6.07, 6.45) is 1.97. The molecule has 0 saturated heterocycles. The van der Waals surface area contributed by atoms with E-state index in [-0.39, 0.29) is 5.43 Å². The Kier molecular flexibility index (Phi) is 3.11. The Balaban J connectivity index is 2.41. The second-order valence-corrected chi connectivity index (χ2v) is 5.88. The van der Waals surface area contributed by atoms with Gasteiger partial charge in [0, 0.05) is 20.2 Å². The Labute approximate surface area is 116 Å². The molecule has 19 heavy (non-hydrogen) atoms. The Morgan fingerprint density at radius 2 is 1.53 bits per heavy atom. The summed E-state index contributed by atoms with van der Waals surface area (Å²) in [5.74, 6) is 0. The minimum Gasteiger partial charge on any atom is -0.289 e. The van der Waals surface area contributed by atoms with Gasteiger partial charge in [-0.3, -0.25) is 4.79 Å². The second kappa shape index (κ2) is 4.78. The lowest BCUT2D eigenvalue weighted by molar-refractivity contribution is 1.15. The zero-order chi connectivity index (χ0) is 13.4. The van der Waals surface area contributed by atoms with Crippen molar-refractivity contribution in [2.75, 3.05) is 0 Å². The molecular weight excluding hydrogens is 252 g/mol. The van der Waals surface area contributed by atoms with E-state index in [1.54, 1.807) is 11.3 Å². The van der Waals surface area contributed by atoms with Crippen molar-refractivity contribution in [3.05, 3.63) is 57.7 Å². The summed E-state index contributed by atoms with van der Waals surface area (Å²) in [5, 5.41) is 1.71. The molecule has 0 spiro atoms. The van der Waals surface area contributed by atoms with Crippen LogP contribution in [0.3, 0.4) is 0 Å². The molecule has 1 heterocycles. The molecule has 0 saturated carbocycles. The summed E-state index contributed by atoms with van der Waals surface area (Å²) in [7, 11) is 0. The monoisotopic (exact) mass is 268 g/mol. The van der Waals surface area contributed by atoms with Crippen molar-refractivity contribution in [1.82, 2.24) is 0 Å². The third-order valence-electron chi connectivity index (χ3n) is 3.62. The van der Waals surface area contributed by atoms with Crippen LogP contribution in [0.4, 0.5) is 0 Å². The first kappa shape index (κ1) is 12.4. The highest BCUT2D eigenvalue weighted by Crippen LogP contribution is 2.26. The molecule has 1 aromatic heterocycles. The van der Waals surface area contributed by atoms with Crippen molar-refractivity contribution in [2.45, 2.75) is 26.7 Å². The number of hydrogen-bond acceptors (Lipinski definition) is 2. The van der Waals surface area contributed by atoms with Crippen LogP contribution in [0.1, 0.15) is 25.0 Å². The number of hydrogen-bond donors (Lipinski definition) is 0. The average Bonchev–Trinajstić information content (AvgIpc) is 2.46.